The first-order valence-electron chi connectivity index (χ1n) is 8.38. The smallest absolute Gasteiger partial charge is 0.319 e. The Morgan fingerprint density at radius 2 is 1.77 bits per heavy atom. The van der Waals surface area contributed by atoms with Crippen molar-refractivity contribution in [2.75, 3.05) is 6.54 Å². The van der Waals surface area contributed by atoms with Crippen molar-refractivity contribution in [3.8, 4) is 0 Å². The Balaban J connectivity index is 1.83. The Morgan fingerprint density at radius 3 is 2.38 bits per heavy atom. The molecule has 3 amide bonds. The summed E-state index contributed by atoms with van der Waals surface area (Å²) >= 11 is 3.42. The molecule has 6 heteroatoms. The van der Waals surface area contributed by atoms with Crippen molar-refractivity contribution < 1.29 is 14.4 Å². The molecule has 1 aliphatic rings. The van der Waals surface area contributed by atoms with Crippen LogP contribution in [0, 0.1) is 0 Å². The summed E-state index contributed by atoms with van der Waals surface area (Å²) in [7, 11) is 0. The lowest BCUT2D eigenvalue weighted by Crippen LogP contribution is -2.41. The highest BCUT2D eigenvalue weighted by Gasteiger charge is 2.50. The van der Waals surface area contributed by atoms with Gasteiger partial charge in [0.1, 0.15) is 5.54 Å². The molecule has 0 aliphatic carbocycles. The monoisotopic (exact) mass is 414 g/mol. The fraction of sp³-hybridized carbons (Fsp3) is 0.250. The molecule has 1 atom stereocenters. The molecule has 0 spiro atoms. The minimum atomic E-state index is -1.20. The molecule has 1 N–H and O–H groups in total. The molecule has 0 aromatic heterocycles. The van der Waals surface area contributed by atoms with Crippen LogP contribution in [0.3, 0.4) is 0 Å². The van der Waals surface area contributed by atoms with Gasteiger partial charge in [-0.25, -0.2) is 4.79 Å². The third-order valence-corrected chi connectivity index (χ3v) is 5.36. The van der Waals surface area contributed by atoms with E-state index in [0.29, 0.717) is 11.1 Å². The minimum Gasteiger partial charge on any atom is -0.319 e. The number of hydrogen-bond acceptors (Lipinski definition) is 3. The second-order valence-electron chi connectivity index (χ2n) is 6.40. The molecule has 3 rings (SSSR count). The summed E-state index contributed by atoms with van der Waals surface area (Å²) in [5, 5.41) is 2.72. The van der Waals surface area contributed by atoms with Gasteiger partial charge in [0.05, 0.1) is 6.54 Å². The molecule has 0 saturated carbocycles. The largest absolute Gasteiger partial charge is 0.325 e. The van der Waals surface area contributed by atoms with Crippen molar-refractivity contribution in [1.29, 1.82) is 0 Å². The zero-order valence-corrected chi connectivity index (χ0v) is 16.2. The number of halogens is 1. The number of carbonyl (C=O) groups excluding carboxylic acids is 3. The SMILES string of the molecule is CCc1ccc(C(=O)CN2C(=O)N[C@](C)(c3ccccc3Br)C2=O)cc1. The molecule has 26 heavy (non-hydrogen) atoms. The van der Waals surface area contributed by atoms with E-state index in [9.17, 15) is 14.4 Å². The van der Waals surface area contributed by atoms with Crippen LogP contribution < -0.4 is 5.32 Å². The van der Waals surface area contributed by atoms with Crippen LogP contribution in [-0.4, -0.2) is 29.2 Å². The lowest BCUT2D eigenvalue weighted by atomic mass is 9.92. The number of imide groups is 1. The lowest BCUT2D eigenvalue weighted by molar-refractivity contribution is -0.130. The van der Waals surface area contributed by atoms with Gasteiger partial charge in [-0.05, 0) is 25.0 Å². The Hall–Kier alpha value is -2.47. The van der Waals surface area contributed by atoms with Crippen molar-refractivity contribution in [1.82, 2.24) is 10.2 Å². The fourth-order valence-electron chi connectivity index (χ4n) is 3.05. The van der Waals surface area contributed by atoms with E-state index in [1.165, 1.54) is 0 Å². The molecule has 1 aliphatic heterocycles. The summed E-state index contributed by atoms with van der Waals surface area (Å²) in [6.45, 7) is 3.40. The van der Waals surface area contributed by atoms with Gasteiger partial charge >= 0.3 is 6.03 Å². The van der Waals surface area contributed by atoms with Gasteiger partial charge in [0.25, 0.3) is 5.91 Å². The standard InChI is InChI=1S/C20H19BrN2O3/c1-3-13-8-10-14(11-9-13)17(24)12-23-18(25)20(2,22-19(23)26)15-6-4-5-7-16(15)21/h4-11H,3,12H2,1-2H3,(H,22,26)/t20-/m1/s1. The molecule has 134 valence electrons. The van der Waals surface area contributed by atoms with Crippen LogP contribution in [0.4, 0.5) is 4.79 Å². The molecule has 2 aromatic carbocycles. The number of nitrogens with one attached hydrogen (secondary N) is 1. The van der Waals surface area contributed by atoms with E-state index in [2.05, 4.69) is 21.2 Å². The third kappa shape index (κ3) is 3.17. The van der Waals surface area contributed by atoms with Gasteiger partial charge in [-0.1, -0.05) is 65.3 Å². The summed E-state index contributed by atoms with van der Waals surface area (Å²) in [6.07, 6.45) is 0.881. The Morgan fingerprint density at radius 1 is 1.12 bits per heavy atom. The predicted octanol–water partition coefficient (Wildman–Crippen LogP) is 3.66. The van der Waals surface area contributed by atoms with Crippen molar-refractivity contribution in [2.45, 2.75) is 25.8 Å². The number of amides is 3. The Kier molecular flexibility index (Phi) is 4.96. The van der Waals surface area contributed by atoms with Crippen LogP contribution in [0.15, 0.2) is 53.0 Å². The van der Waals surface area contributed by atoms with E-state index in [0.717, 1.165) is 21.4 Å². The van der Waals surface area contributed by atoms with E-state index in [1.807, 2.05) is 31.2 Å². The number of hydrogen-bond donors (Lipinski definition) is 1. The third-order valence-electron chi connectivity index (χ3n) is 4.67. The van der Waals surface area contributed by atoms with Crippen LogP contribution in [0.1, 0.15) is 35.3 Å². The molecule has 0 unspecified atom stereocenters. The maximum absolute atomic E-state index is 12.9. The van der Waals surface area contributed by atoms with Crippen LogP contribution in [0.5, 0.6) is 0 Å². The zero-order chi connectivity index (χ0) is 18.9. The quantitative estimate of drug-likeness (QED) is 0.599. The summed E-state index contributed by atoms with van der Waals surface area (Å²) in [6, 6.07) is 13.9. The molecular weight excluding hydrogens is 396 g/mol. The topological polar surface area (TPSA) is 66.5 Å². The first-order valence-corrected chi connectivity index (χ1v) is 9.17. The van der Waals surface area contributed by atoms with Crippen molar-refractivity contribution >= 4 is 33.7 Å². The number of nitrogens with zero attached hydrogens (tertiary/aromatic N) is 1. The first kappa shape index (κ1) is 18.3. The number of benzene rings is 2. The summed E-state index contributed by atoms with van der Waals surface area (Å²) in [5.41, 5.74) is 1.06. The molecule has 1 heterocycles. The average molecular weight is 415 g/mol. The van der Waals surface area contributed by atoms with Crippen molar-refractivity contribution in [2.24, 2.45) is 0 Å². The second-order valence-corrected chi connectivity index (χ2v) is 7.25. The Labute approximate surface area is 160 Å². The van der Waals surface area contributed by atoms with Gasteiger partial charge < -0.3 is 5.32 Å². The summed E-state index contributed by atoms with van der Waals surface area (Å²) in [4.78, 5) is 38.8. The van der Waals surface area contributed by atoms with Gasteiger partial charge in [-0.2, -0.15) is 0 Å². The maximum atomic E-state index is 12.9. The normalized spacial score (nSPS) is 19.6. The molecule has 5 nitrogen and oxygen atoms in total. The summed E-state index contributed by atoms with van der Waals surface area (Å²) < 4.78 is 0.722. The van der Waals surface area contributed by atoms with Gasteiger partial charge in [0, 0.05) is 15.6 Å². The molecule has 1 saturated heterocycles. The number of Topliss-reactive ketones (excluding diaryl/α,β-unsaturated/α-hetero) is 1. The number of rotatable bonds is 5. The van der Waals surface area contributed by atoms with Gasteiger partial charge in [-0.15, -0.1) is 0 Å². The number of aryl methyl sites for hydroxylation is 1. The highest BCUT2D eigenvalue weighted by molar-refractivity contribution is 9.10. The van der Waals surface area contributed by atoms with E-state index >= 15 is 0 Å². The minimum absolute atomic E-state index is 0.271. The van der Waals surface area contributed by atoms with Gasteiger partial charge in [0.2, 0.25) is 0 Å². The van der Waals surface area contributed by atoms with Crippen molar-refractivity contribution in [3.63, 3.8) is 0 Å². The second kappa shape index (κ2) is 7.03. The first-order chi connectivity index (χ1) is 12.4. The molecule has 0 bridgehead atoms. The van der Waals surface area contributed by atoms with E-state index in [-0.39, 0.29) is 12.3 Å². The molecule has 1 fully saturated rings. The van der Waals surface area contributed by atoms with Crippen molar-refractivity contribution in [3.05, 3.63) is 69.7 Å². The number of carbonyl (C=O) groups is 3. The molecule has 2 aromatic rings. The van der Waals surface area contributed by atoms with Crippen LogP contribution in [0.25, 0.3) is 0 Å². The van der Waals surface area contributed by atoms with Gasteiger partial charge in [0.15, 0.2) is 5.78 Å². The van der Waals surface area contributed by atoms with E-state index in [1.54, 1.807) is 31.2 Å². The van der Waals surface area contributed by atoms with Gasteiger partial charge in [-0.3, -0.25) is 14.5 Å². The zero-order valence-electron chi connectivity index (χ0n) is 14.6. The van der Waals surface area contributed by atoms with Crippen LogP contribution in [-0.2, 0) is 16.8 Å². The maximum Gasteiger partial charge on any atom is 0.325 e. The van der Waals surface area contributed by atoms with E-state index < -0.39 is 17.5 Å². The number of ketones is 1. The highest BCUT2D eigenvalue weighted by Crippen LogP contribution is 2.33. The Bertz CT molecular complexity index is 879. The fourth-order valence-corrected chi connectivity index (χ4v) is 3.73. The van der Waals surface area contributed by atoms with E-state index in [4.69, 9.17) is 0 Å². The average Bonchev–Trinajstić information content (AvgIpc) is 2.86. The number of urea groups is 1. The highest BCUT2D eigenvalue weighted by atomic mass is 79.9. The van der Waals surface area contributed by atoms with Crippen LogP contribution in [0.2, 0.25) is 0 Å². The molecular formula is C20H19BrN2O3. The molecule has 0 radical (unpaired) electrons. The predicted molar refractivity (Wildman–Crippen MR) is 102 cm³/mol. The van der Waals surface area contributed by atoms with Crippen LogP contribution >= 0.6 is 15.9 Å². The summed E-state index contributed by atoms with van der Waals surface area (Å²) in [5.74, 6) is -0.708. The lowest BCUT2D eigenvalue weighted by Gasteiger charge is -2.23.